The molecule has 1 rings (SSSR count). The number of furan rings is 1. The molecule has 0 amide bonds. The van der Waals surface area contributed by atoms with Crippen molar-refractivity contribution in [3.05, 3.63) is 17.4 Å². The van der Waals surface area contributed by atoms with Crippen LogP contribution in [-0.4, -0.2) is 31.1 Å². The standard InChI is InChI=1S/C13H23N3O2/c1-10-9-11(13(17)18-10)12(15-2)16-8-6-4-3-5-7-14/h9,17H,3-8,14H2,1-2H3,(H,15,16). The second-order valence-electron chi connectivity index (χ2n) is 4.28. The van der Waals surface area contributed by atoms with Gasteiger partial charge in [-0.25, -0.2) is 0 Å². The Bertz CT molecular complexity index is 386. The molecule has 5 heteroatoms. The highest BCUT2D eigenvalue weighted by Crippen LogP contribution is 2.21. The molecule has 0 aromatic carbocycles. The van der Waals surface area contributed by atoms with Crippen molar-refractivity contribution in [2.45, 2.75) is 32.6 Å². The zero-order valence-corrected chi connectivity index (χ0v) is 11.2. The summed E-state index contributed by atoms with van der Waals surface area (Å²) in [5, 5.41) is 12.8. The molecule has 0 unspecified atom stereocenters. The molecule has 0 fully saturated rings. The summed E-state index contributed by atoms with van der Waals surface area (Å²) < 4.78 is 5.08. The van der Waals surface area contributed by atoms with Crippen LogP contribution in [0.15, 0.2) is 15.5 Å². The van der Waals surface area contributed by atoms with Gasteiger partial charge in [0.15, 0.2) is 0 Å². The third-order valence-corrected chi connectivity index (χ3v) is 2.74. The number of rotatable bonds is 7. The SMILES string of the molecule is C/N=C(\NCCCCCCN)c1cc(C)oc1O. The monoisotopic (exact) mass is 253 g/mol. The molecule has 5 nitrogen and oxygen atoms in total. The molecular weight excluding hydrogens is 230 g/mol. The normalized spacial score (nSPS) is 11.8. The van der Waals surface area contributed by atoms with Gasteiger partial charge >= 0.3 is 0 Å². The third-order valence-electron chi connectivity index (χ3n) is 2.74. The first kappa shape index (κ1) is 14.6. The average molecular weight is 253 g/mol. The van der Waals surface area contributed by atoms with E-state index in [0.717, 1.165) is 38.8 Å². The van der Waals surface area contributed by atoms with Crippen LogP contribution in [0.25, 0.3) is 0 Å². The van der Waals surface area contributed by atoms with E-state index in [1.807, 2.05) is 0 Å². The number of aliphatic imine (C=N–C) groups is 1. The Kier molecular flexibility index (Phi) is 6.28. The van der Waals surface area contributed by atoms with E-state index < -0.39 is 0 Å². The number of aromatic hydroxyl groups is 1. The Morgan fingerprint density at radius 1 is 1.39 bits per heavy atom. The molecule has 0 saturated heterocycles. The molecule has 4 N–H and O–H groups in total. The van der Waals surface area contributed by atoms with E-state index in [0.29, 0.717) is 17.2 Å². The summed E-state index contributed by atoms with van der Waals surface area (Å²) in [5.74, 6) is 1.26. The maximum atomic E-state index is 9.60. The van der Waals surface area contributed by atoms with Crippen LogP contribution in [0.3, 0.4) is 0 Å². The van der Waals surface area contributed by atoms with E-state index in [1.165, 1.54) is 0 Å². The first-order valence-corrected chi connectivity index (χ1v) is 6.39. The summed E-state index contributed by atoms with van der Waals surface area (Å²) in [6.07, 6.45) is 4.46. The van der Waals surface area contributed by atoms with E-state index in [1.54, 1.807) is 20.0 Å². The van der Waals surface area contributed by atoms with Gasteiger partial charge in [0.2, 0.25) is 0 Å². The lowest BCUT2D eigenvalue weighted by atomic mass is 10.2. The molecule has 0 aliphatic carbocycles. The Labute approximate surface area is 108 Å². The summed E-state index contributed by atoms with van der Waals surface area (Å²) in [6, 6.07) is 1.78. The van der Waals surface area contributed by atoms with Crippen molar-refractivity contribution in [2.24, 2.45) is 10.7 Å². The molecule has 0 atom stereocenters. The Hall–Kier alpha value is -1.49. The van der Waals surface area contributed by atoms with Crippen LogP contribution < -0.4 is 11.1 Å². The fraction of sp³-hybridized carbons (Fsp3) is 0.615. The van der Waals surface area contributed by atoms with Crippen LogP contribution in [-0.2, 0) is 0 Å². The van der Waals surface area contributed by atoms with Crippen LogP contribution >= 0.6 is 0 Å². The molecule has 1 aromatic rings. The fourth-order valence-electron chi connectivity index (χ4n) is 1.80. The van der Waals surface area contributed by atoms with Crippen molar-refractivity contribution in [3.63, 3.8) is 0 Å². The largest absolute Gasteiger partial charge is 0.480 e. The molecule has 102 valence electrons. The third kappa shape index (κ3) is 4.41. The van der Waals surface area contributed by atoms with Gasteiger partial charge in [-0.2, -0.15) is 0 Å². The smallest absolute Gasteiger partial charge is 0.293 e. The van der Waals surface area contributed by atoms with Crippen molar-refractivity contribution in [2.75, 3.05) is 20.1 Å². The zero-order chi connectivity index (χ0) is 13.4. The lowest BCUT2D eigenvalue weighted by molar-refractivity contribution is 0.323. The average Bonchev–Trinajstić information content (AvgIpc) is 2.68. The van der Waals surface area contributed by atoms with E-state index in [-0.39, 0.29) is 5.95 Å². The van der Waals surface area contributed by atoms with Gasteiger partial charge in [0, 0.05) is 13.6 Å². The maximum absolute atomic E-state index is 9.60. The van der Waals surface area contributed by atoms with Crippen LogP contribution in [0.2, 0.25) is 0 Å². The molecule has 0 saturated carbocycles. The summed E-state index contributed by atoms with van der Waals surface area (Å²) in [7, 11) is 1.69. The Morgan fingerprint density at radius 2 is 2.11 bits per heavy atom. The molecule has 1 aromatic heterocycles. The van der Waals surface area contributed by atoms with Gasteiger partial charge in [-0.3, -0.25) is 4.99 Å². The lowest BCUT2D eigenvalue weighted by Gasteiger charge is -2.07. The van der Waals surface area contributed by atoms with Crippen LogP contribution in [0.5, 0.6) is 5.95 Å². The highest BCUT2D eigenvalue weighted by molar-refractivity contribution is 6.00. The number of amidine groups is 1. The Morgan fingerprint density at radius 3 is 2.67 bits per heavy atom. The van der Waals surface area contributed by atoms with Crippen LogP contribution in [0.1, 0.15) is 37.0 Å². The van der Waals surface area contributed by atoms with Gasteiger partial charge in [-0.05, 0) is 32.4 Å². The predicted molar refractivity (Wildman–Crippen MR) is 73.1 cm³/mol. The van der Waals surface area contributed by atoms with E-state index in [2.05, 4.69) is 10.3 Å². The number of nitrogens with zero attached hydrogens (tertiary/aromatic N) is 1. The number of aryl methyl sites for hydroxylation is 1. The Balaban J connectivity index is 2.37. The molecular formula is C13H23N3O2. The maximum Gasteiger partial charge on any atom is 0.293 e. The van der Waals surface area contributed by atoms with Crippen molar-refractivity contribution < 1.29 is 9.52 Å². The number of nitrogens with two attached hydrogens (primary N) is 1. The second kappa shape index (κ2) is 7.76. The highest BCUT2D eigenvalue weighted by atomic mass is 16.5. The number of nitrogens with one attached hydrogen (secondary N) is 1. The molecule has 1 heterocycles. The minimum atomic E-state index is -0.0799. The first-order chi connectivity index (χ1) is 8.69. The summed E-state index contributed by atoms with van der Waals surface area (Å²) in [5.41, 5.74) is 6.06. The molecule has 0 radical (unpaired) electrons. The first-order valence-electron chi connectivity index (χ1n) is 6.39. The van der Waals surface area contributed by atoms with Crippen molar-refractivity contribution >= 4 is 5.84 Å². The van der Waals surface area contributed by atoms with Crippen molar-refractivity contribution in [1.29, 1.82) is 0 Å². The second-order valence-corrected chi connectivity index (χ2v) is 4.28. The van der Waals surface area contributed by atoms with Gasteiger partial charge in [-0.15, -0.1) is 0 Å². The highest BCUT2D eigenvalue weighted by Gasteiger charge is 2.12. The topological polar surface area (TPSA) is 83.8 Å². The quantitative estimate of drug-likeness (QED) is 0.393. The zero-order valence-electron chi connectivity index (χ0n) is 11.2. The summed E-state index contributed by atoms with van der Waals surface area (Å²) >= 11 is 0. The van der Waals surface area contributed by atoms with Gasteiger partial charge in [-0.1, -0.05) is 12.8 Å². The fourth-order valence-corrected chi connectivity index (χ4v) is 1.80. The van der Waals surface area contributed by atoms with E-state index in [4.69, 9.17) is 10.2 Å². The van der Waals surface area contributed by atoms with Gasteiger partial charge < -0.3 is 20.6 Å². The minimum Gasteiger partial charge on any atom is -0.480 e. The van der Waals surface area contributed by atoms with Crippen molar-refractivity contribution in [1.82, 2.24) is 5.32 Å². The predicted octanol–water partition coefficient (Wildman–Crippen LogP) is 1.78. The number of unbranched alkanes of at least 4 members (excludes halogenated alkanes) is 3. The lowest BCUT2D eigenvalue weighted by Crippen LogP contribution is -2.25. The molecule has 0 aliphatic heterocycles. The number of hydrogen-bond donors (Lipinski definition) is 3. The molecule has 18 heavy (non-hydrogen) atoms. The number of hydrogen-bond acceptors (Lipinski definition) is 4. The van der Waals surface area contributed by atoms with E-state index in [9.17, 15) is 5.11 Å². The molecule has 0 aliphatic rings. The van der Waals surface area contributed by atoms with Gasteiger partial charge in [0.05, 0.1) is 0 Å². The minimum absolute atomic E-state index is 0.0799. The van der Waals surface area contributed by atoms with Crippen LogP contribution in [0.4, 0.5) is 0 Å². The van der Waals surface area contributed by atoms with Gasteiger partial charge in [0.25, 0.3) is 5.95 Å². The molecule has 0 bridgehead atoms. The van der Waals surface area contributed by atoms with Crippen LogP contribution in [0, 0.1) is 6.92 Å². The van der Waals surface area contributed by atoms with Gasteiger partial charge in [0.1, 0.15) is 17.2 Å². The molecule has 0 spiro atoms. The van der Waals surface area contributed by atoms with E-state index >= 15 is 0 Å². The van der Waals surface area contributed by atoms with Crippen molar-refractivity contribution in [3.8, 4) is 5.95 Å². The summed E-state index contributed by atoms with van der Waals surface area (Å²) in [6.45, 7) is 3.39. The summed E-state index contributed by atoms with van der Waals surface area (Å²) in [4.78, 5) is 4.13.